The molecule has 0 spiro atoms. The van der Waals surface area contributed by atoms with Gasteiger partial charge in [-0.1, -0.05) is 25.5 Å². The summed E-state index contributed by atoms with van der Waals surface area (Å²) in [5.74, 6) is -0.165. The summed E-state index contributed by atoms with van der Waals surface area (Å²) in [6.45, 7) is 2.13. The van der Waals surface area contributed by atoms with Crippen LogP contribution in [0.3, 0.4) is 0 Å². The third-order valence-corrected chi connectivity index (χ3v) is 5.11. The molecule has 4 rings (SSSR count). The maximum atomic E-state index is 12.9. The maximum absolute atomic E-state index is 12.9. The fourth-order valence-electron chi connectivity index (χ4n) is 3.58. The molecule has 2 aliphatic rings. The lowest BCUT2D eigenvalue weighted by Crippen LogP contribution is -2.34. The second-order valence-corrected chi connectivity index (χ2v) is 7.29. The van der Waals surface area contributed by atoms with Crippen molar-refractivity contribution in [3.63, 3.8) is 0 Å². The molecule has 150 valence electrons. The van der Waals surface area contributed by atoms with E-state index in [0.29, 0.717) is 22.8 Å². The van der Waals surface area contributed by atoms with E-state index in [0.717, 1.165) is 19.3 Å². The Balaban J connectivity index is 1.47. The zero-order chi connectivity index (χ0) is 20.4. The van der Waals surface area contributed by atoms with Gasteiger partial charge in [0.1, 0.15) is 11.8 Å². The summed E-state index contributed by atoms with van der Waals surface area (Å²) >= 11 is 0. The Kier molecular flexibility index (Phi) is 5.20. The van der Waals surface area contributed by atoms with Gasteiger partial charge in [-0.15, -0.1) is 0 Å². The van der Waals surface area contributed by atoms with Crippen LogP contribution in [0.1, 0.15) is 31.7 Å². The number of benzene rings is 2. The van der Waals surface area contributed by atoms with Crippen LogP contribution in [0.4, 0.5) is 17.1 Å². The topological polar surface area (TPSA) is 87.7 Å². The van der Waals surface area contributed by atoms with Gasteiger partial charge in [-0.25, -0.2) is 4.90 Å². The normalized spacial score (nSPS) is 18.3. The number of hydrogen-bond acceptors (Lipinski definition) is 5. The van der Waals surface area contributed by atoms with Gasteiger partial charge in [0.15, 0.2) is 6.61 Å². The molecule has 1 saturated heterocycles. The standard InChI is InChI=1S/C22H23N3O4/c1-2-3-4-14-5-8-16(9-6-14)25-21(27)12-18(22(25)28)23-15-7-10-19-17(11-15)24-20(26)13-29-19/h5-11,18,23H,2-4,12-13H2,1H3,(H,24,26). The molecule has 2 aliphatic heterocycles. The summed E-state index contributed by atoms with van der Waals surface area (Å²) in [6.07, 6.45) is 3.30. The zero-order valence-electron chi connectivity index (χ0n) is 16.2. The number of hydrogen-bond donors (Lipinski definition) is 2. The number of imide groups is 1. The van der Waals surface area contributed by atoms with Gasteiger partial charge >= 0.3 is 0 Å². The Hall–Kier alpha value is -3.35. The van der Waals surface area contributed by atoms with Crippen LogP contribution < -0.4 is 20.3 Å². The highest BCUT2D eigenvalue weighted by molar-refractivity contribution is 6.23. The van der Waals surface area contributed by atoms with Crippen LogP contribution >= 0.6 is 0 Å². The summed E-state index contributed by atoms with van der Waals surface area (Å²) < 4.78 is 5.34. The van der Waals surface area contributed by atoms with Crippen molar-refractivity contribution in [2.45, 2.75) is 38.6 Å². The first kappa shape index (κ1) is 19.0. The Morgan fingerprint density at radius 2 is 1.93 bits per heavy atom. The highest BCUT2D eigenvalue weighted by Crippen LogP contribution is 2.32. The number of unbranched alkanes of at least 4 members (excludes halogenated alkanes) is 1. The summed E-state index contributed by atoms with van der Waals surface area (Å²) in [5, 5.41) is 5.84. The van der Waals surface area contributed by atoms with Gasteiger partial charge in [0.05, 0.1) is 17.8 Å². The minimum Gasteiger partial charge on any atom is -0.482 e. The molecule has 0 bridgehead atoms. The van der Waals surface area contributed by atoms with E-state index in [1.165, 1.54) is 10.5 Å². The molecule has 29 heavy (non-hydrogen) atoms. The second kappa shape index (κ2) is 7.95. The first-order chi connectivity index (χ1) is 14.0. The molecule has 1 unspecified atom stereocenters. The smallest absolute Gasteiger partial charge is 0.262 e. The SMILES string of the molecule is CCCCc1ccc(N2C(=O)CC(Nc3ccc4c(c3)NC(=O)CO4)C2=O)cc1. The number of fused-ring (bicyclic) bond motifs is 1. The lowest BCUT2D eigenvalue weighted by Gasteiger charge is -2.20. The molecule has 2 heterocycles. The summed E-state index contributed by atoms with van der Waals surface area (Å²) in [4.78, 5) is 38.1. The van der Waals surface area contributed by atoms with E-state index in [9.17, 15) is 14.4 Å². The number of nitrogens with one attached hydrogen (secondary N) is 2. The van der Waals surface area contributed by atoms with Crippen LogP contribution in [0.5, 0.6) is 5.75 Å². The van der Waals surface area contributed by atoms with Crippen molar-refractivity contribution in [1.82, 2.24) is 0 Å². The number of anilines is 3. The van der Waals surface area contributed by atoms with Crippen molar-refractivity contribution in [3.8, 4) is 5.75 Å². The second-order valence-electron chi connectivity index (χ2n) is 7.29. The van der Waals surface area contributed by atoms with Gasteiger partial charge in [-0.05, 0) is 48.7 Å². The highest BCUT2D eigenvalue weighted by Gasteiger charge is 2.39. The van der Waals surface area contributed by atoms with Crippen LogP contribution in [0.25, 0.3) is 0 Å². The Bertz CT molecular complexity index is 955. The first-order valence-corrected chi connectivity index (χ1v) is 9.84. The van der Waals surface area contributed by atoms with Crippen molar-refractivity contribution >= 4 is 34.8 Å². The van der Waals surface area contributed by atoms with E-state index in [-0.39, 0.29) is 30.7 Å². The van der Waals surface area contributed by atoms with Gasteiger partial charge in [-0.3, -0.25) is 14.4 Å². The number of carbonyl (C=O) groups is 3. The van der Waals surface area contributed by atoms with Crippen molar-refractivity contribution in [2.75, 3.05) is 22.1 Å². The average molecular weight is 393 g/mol. The predicted octanol–water partition coefficient (Wildman–Crippen LogP) is 3.10. The third-order valence-electron chi connectivity index (χ3n) is 5.11. The van der Waals surface area contributed by atoms with Gasteiger partial charge in [0.25, 0.3) is 11.8 Å². The van der Waals surface area contributed by atoms with Crippen molar-refractivity contribution in [3.05, 3.63) is 48.0 Å². The largest absolute Gasteiger partial charge is 0.482 e. The fourth-order valence-corrected chi connectivity index (χ4v) is 3.58. The third kappa shape index (κ3) is 3.94. The number of rotatable bonds is 6. The molecule has 0 saturated carbocycles. The van der Waals surface area contributed by atoms with E-state index in [1.54, 1.807) is 18.2 Å². The van der Waals surface area contributed by atoms with Crippen LogP contribution in [0.15, 0.2) is 42.5 Å². The molecular formula is C22H23N3O4. The lowest BCUT2D eigenvalue weighted by molar-refractivity contribution is -0.121. The molecule has 7 nitrogen and oxygen atoms in total. The Morgan fingerprint density at radius 3 is 2.69 bits per heavy atom. The highest BCUT2D eigenvalue weighted by atomic mass is 16.5. The molecule has 2 aromatic carbocycles. The molecular weight excluding hydrogens is 370 g/mol. The van der Waals surface area contributed by atoms with E-state index in [2.05, 4.69) is 17.6 Å². The van der Waals surface area contributed by atoms with Gasteiger partial charge in [-0.2, -0.15) is 0 Å². The number of ether oxygens (including phenoxy) is 1. The van der Waals surface area contributed by atoms with E-state index in [4.69, 9.17) is 4.74 Å². The van der Waals surface area contributed by atoms with Gasteiger partial charge < -0.3 is 15.4 Å². The van der Waals surface area contributed by atoms with Gasteiger partial charge in [0, 0.05) is 5.69 Å². The monoisotopic (exact) mass is 393 g/mol. The first-order valence-electron chi connectivity index (χ1n) is 9.84. The molecule has 2 N–H and O–H groups in total. The quantitative estimate of drug-likeness (QED) is 0.737. The van der Waals surface area contributed by atoms with E-state index in [1.807, 2.05) is 24.3 Å². The van der Waals surface area contributed by atoms with Crippen LogP contribution in [0, 0.1) is 0 Å². The maximum Gasteiger partial charge on any atom is 0.262 e. The van der Waals surface area contributed by atoms with Gasteiger partial charge in [0.2, 0.25) is 5.91 Å². The minimum atomic E-state index is -0.652. The molecule has 1 atom stereocenters. The molecule has 1 fully saturated rings. The Morgan fingerprint density at radius 1 is 1.14 bits per heavy atom. The zero-order valence-corrected chi connectivity index (χ0v) is 16.2. The number of carbonyl (C=O) groups excluding carboxylic acids is 3. The van der Waals surface area contributed by atoms with Crippen LogP contribution in [-0.2, 0) is 20.8 Å². The van der Waals surface area contributed by atoms with E-state index < -0.39 is 6.04 Å². The molecule has 0 aliphatic carbocycles. The van der Waals surface area contributed by atoms with Crippen molar-refractivity contribution in [1.29, 1.82) is 0 Å². The van der Waals surface area contributed by atoms with Crippen molar-refractivity contribution < 1.29 is 19.1 Å². The number of aryl methyl sites for hydroxylation is 1. The Labute approximate surface area is 169 Å². The minimum absolute atomic E-state index is 0.0123. The lowest BCUT2D eigenvalue weighted by atomic mass is 10.1. The van der Waals surface area contributed by atoms with Crippen molar-refractivity contribution in [2.24, 2.45) is 0 Å². The molecule has 0 radical (unpaired) electrons. The summed E-state index contributed by atoms with van der Waals surface area (Å²) in [5.41, 5.74) is 2.97. The summed E-state index contributed by atoms with van der Waals surface area (Å²) in [6, 6.07) is 12.1. The van der Waals surface area contributed by atoms with E-state index >= 15 is 0 Å². The molecule has 0 aromatic heterocycles. The predicted molar refractivity (Wildman–Crippen MR) is 110 cm³/mol. The summed E-state index contributed by atoms with van der Waals surface area (Å²) in [7, 11) is 0. The number of amides is 3. The van der Waals surface area contributed by atoms with Crippen LogP contribution in [0.2, 0.25) is 0 Å². The molecule has 7 heteroatoms. The number of nitrogens with zero attached hydrogens (tertiary/aromatic N) is 1. The molecule has 3 amide bonds. The molecule has 2 aromatic rings. The average Bonchev–Trinajstić information content (AvgIpc) is 2.99. The van der Waals surface area contributed by atoms with Crippen LogP contribution in [-0.4, -0.2) is 30.4 Å². The fraction of sp³-hybridized carbons (Fsp3) is 0.318.